The van der Waals surface area contributed by atoms with E-state index < -0.39 is 29.0 Å². The Kier molecular flexibility index (Phi) is 33.6. The Morgan fingerprint density at radius 2 is 0.222 bits per heavy atom. The van der Waals surface area contributed by atoms with Crippen molar-refractivity contribution in [1.29, 1.82) is 0 Å². The van der Waals surface area contributed by atoms with Crippen LogP contribution in [0, 0.1) is 0 Å². The van der Waals surface area contributed by atoms with Gasteiger partial charge in [0.1, 0.15) is 0 Å². The Morgan fingerprint density at radius 3 is 0.292 bits per heavy atom. The van der Waals surface area contributed by atoms with Crippen molar-refractivity contribution in [3.8, 4) is 0 Å². The third-order valence-electron chi connectivity index (χ3n) is 6.13. The molecule has 0 bridgehead atoms. The SMILES string of the molecule is F[B-](F)(F)F.F[B-](F)(F)F.F[B-](F)(F)F.F[B-](F)(F)F.c1cc[n+]([I-][n+]2ccccc2)cc1.c1cc[n+]([I-][n+]2ccccc2)cc1.c1cc[n+]([I-][n+]2ccccc2)cc1.c1cc[n+]([I-][n+]2ccccc2)cc1. The van der Waals surface area contributed by atoms with Crippen molar-refractivity contribution < 1.29 is 178 Å². The van der Waals surface area contributed by atoms with E-state index in [1.165, 1.54) is 0 Å². The Labute approximate surface area is 448 Å². The Hall–Kier alpha value is -4.74. The molecule has 8 nitrogen and oxygen atoms in total. The minimum absolute atomic E-state index is 0.138. The summed E-state index contributed by atoms with van der Waals surface area (Å²) in [5, 5.41) is 0. The van der Waals surface area contributed by atoms with E-state index in [4.69, 9.17) is 0 Å². The summed E-state index contributed by atoms with van der Waals surface area (Å²) in [4.78, 5) is 0. The predicted octanol–water partition coefficient (Wildman–Crippen LogP) is -4.49. The number of hydrogen-bond acceptors (Lipinski definition) is 0. The first-order valence-electron chi connectivity index (χ1n) is 19.6. The van der Waals surface area contributed by atoms with Crippen LogP contribution in [-0.2, 0) is 0 Å². The van der Waals surface area contributed by atoms with Crippen LogP contribution in [-0.4, -0.2) is 29.0 Å². The molecule has 0 fully saturated rings. The van der Waals surface area contributed by atoms with Crippen molar-refractivity contribution in [2.45, 2.75) is 0 Å². The van der Waals surface area contributed by atoms with Gasteiger partial charge in [-0.2, -0.15) is 0 Å². The van der Waals surface area contributed by atoms with Gasteiger partial charge < -0.3 is 69.1 Å². The van der Waals surface area contributed by atoms with Crippen molar-refractivity contribution in [1.82, 2.24) is 0 Å². The number of rotatable bonds is 8. The first kappa shape index (κ1) is 65.3. The third-order valence-corrected chi connectivity index (χ3v) is 15.3. The van der Waals surface area contributed by atoms with Crippen LogP contribution in [0.15, 0.2) is 245 Å². The molecule has 8 aromatic heterocycles. The fourth-order valence-corrected chi connectivity index (χ4v) is 11.4. The van der Waals surface area contributed by atoms with Crippen molar-refractivity contribution in [3.05, 3.63) is 245 Å². The van der Waals surface area contributed by atoms with Gasteiger partial charge in [-0.25, -0.2) is 0 Å². The number of aromatic nitrogens is 8. The zero-order valence-corrected chi connectivity index (χ0v) is 45.2. The molecule has 0 saturated carbocycles. The summed E-state index contributed by atoms with van der Waals surface area (Å²) in [6, 6.07) is 49.2. The van der Waals surface area contributed by atoms with E-state index >= 15 is 0 Å². The fourth-order valence-electron chi connectivity index (χ4n) is 3.83. The van der Waals surface area contributed by atoms with E-state index in [1.54, 1.807) is 0 Å². The number of nitrogens with zero attached hydrogens (tertiary/aromatic N) is 8. The molecule has 0 saturated heterocycles. The summed E-state index contributed by atoms with van der Waals surface area (Å²) in [6.45, 7) is 0. The quantitative estimate of drug-likeness (QED) is 0.0837. The average molecular weight is 1490 g/mol. The Balaban J connectivity index is 0.000000428. The van der Waals surface area contributed by atoms with Crippen molar-refractivity contribution in [2.24, 2.45) is 0 Å². The summed E-state index contributed by atoms with van der Waals surface area (Å²) in [5.74, 6) is 0. The van der Waals surface area contributed by atoms with E-state index in [2.05, 4.69) is 218 Å². The average Bonchev–Trinajstić information content (AvgIpc) is 3.30. The molecular weight excluding hydrogens is 1450 g/mol. The monoisotopic (exact) mass is 1490 g/mol. The molecule has 0 N–H and O–H groups in total. The normalized spacial score (nSPS) is 10.7. The number of pyridine rings is 8. The van der Waals surface area contributed by atoms with E-state index in [-0.39, 0.29) is 87.0 Å². The van der Waals surface area contributed by atoms with Gasteiger partial charge in [0.05, 0.1) is 0 Å². The summed E-state index contributed by atoms with van der Waals surface area (Å²) >= 11 is -0.552. The molecule has 32 heteroatoms. The second-order valence-corrected chi connectivity index (χ2v) is 22.7. The van der Waals surface area contributed by atoms with Gasteiger partial charge in [-0.3, -0.25) is 0 Å². The van der Waals surface area contributed by atoms with Gasteiger partial charge in [0.25, 0.3) is 0 Å². The molecule has 0 radical (unpaired) electrons. The van der Waals surface area contributed by atoms with Crippen molar-refractivity contribution in [2.75, 3.05) is 0 Å². The molecular formula is C40H40B4F16I4N8. The maximum atomic E-state index is 9.75. The molecule has 8 aromatic rings. The van der Waals surface area contributed by atoms with Gasteiger partial charge >= 0.3 is 383 Å². The molecule has 0 aliphatic heterocycles. The predicted molar refractivity (Wildman–Crippen MR) is 217 cm³/mol. The van der Waals surface area contributed by atoms with Gasteiger partial charge in [0, 0.05) is 0 Å². The van der Waals surface area contributed by atoms with E-state index in [0.717, 1.165) is 0 Å². The van der Waals surface area contributed by atoms with Crippen molar-refractivity contribution >= 4 is 29.0 Å². The van der Waals surface area contributed by atoms with Crippen LogP contribution in [0.5, 0.6) is 0 Å². The first-order chi connectivity index (χ1) is 33.8. The van der Waals surface area contributed by atoms with E-state index in [9.17, 15) is 69.1 Å². The topological polar surface area (TPSA) is 31.0 Å². The van der Waals surface area contributed by atoms with Crippen LogP contribution in [0.3, 0.4) is 0 Å². The number of halogens is 20. The van der Waals surface area contributed by atoms with Crippen LogP contribution in [0.1, 0.15) is 0 Å². The molecule has 0 aliphatic rings. The van der Waals surface area contributed by atoms with Gasteiger partial charge in [-0.05, 0) is 0 Å². The third kappa shape index (κ3) is 47.6. The van der Waals surface area contributed by atoms with Gasteiger partial charge in [-0.1, -0.05) is 0 Å². The second-order valence-electron chi connectivity index (χ2n) is 12.0. The molecule has 8 heterocycles. The Morgan fingerprint density at radius 1 is 0.153 bits per heavy atom. The summed E-state index contributed by atoms with van der Waals surface area (Å²) < 4.78 is 174. The molecule has 0 aromatic carbocycles. The molecule has 0 spiro atoms. The number of hydrogen-bond donors (Lipinski definition) is 0. The Bertz CT molecular complexity index is 1990. The van der Waals surface area contributed by atoms with Gasteiger partial charge in [-0.15, -0.1) is 0 Å². The minimum atomic E-state index is -6.00. The summed E-state index contributed by atoms with van der Waals surface area (Å²) in [6.07, 6.45) is 33.7. The molecule has 392 valence electrons. The van der Waals surface area contributed by atoms with Crippen molar-refractivity contribution in [3.63, 3.8) is 0 Å². The second kappa shape index (κ2) is 37.1. The molecule has 0 amide bonds. The van der Waals surface area contributed by atoms with Crippen LogP contribution < -0.4 is 109 Å². The molecule has 72 heavy (non-hydrogen) atoms. The van der Waals surface area contributed by atoms with Gasteiger partial charge in [0.15, 0.2) is 0 Å². The summed E-state index contributed by atoms with van der Waals surface area (Å²) in [5.41, 5.74) is 0. The zero-order valence-electron chi connectivity index (χ0n) is 36.5. The summed E-state index contributed by atoms with van der Waals surface area (Å²) in [7, 11) is -24.0. The fraction of sp³-hybridized carbons (Fsp3) is 0. The maximum absolute atomic E-state index is 9.75. The van der Waals surface area contributed by atoms with E-state index in [1.807, 2.05) is 48.5 Å². The molecule has 0 atom stereocenters. The van der Waals surface area contributed by atoms with Crippen LogP contribution >= 0.6 is 0 Å². The van der Waals surface area contributed by atoms with Crippen LogP contribution in [0.25, 0.3) is 0 Å². The standard InChI is InChI=1S/4C10H10IN2.4BF4/c4*1-3-7-12(8-4-1)11-13-9-5-2-6-10-13;4*2-1(3,4)5/h4*1-10H;;;;/q4*+1;4*-1. The molecule has 0 aliphatic carbocycles. The van der Waals surface area contributed by atoms with Crippen LogP contribution in [0.2, 0.25) is 0 Å². The first-order valence-corrected chi connectivity index (χ1v) is 27.4. The van der Waals surface area contributed by atoms with E-state index in [0.29, 0.717) is 0 Å². The van der Waals surface area contributed by atoms with Gasteiger partial charge in [0.2, 0.25) is 0 Å². The molecule has 8 rings (SSSR count). The van der Waals surface area contributed by atoms with Crippen LogP contribution in [0.4, 0.5) is 69.1 Å². The molecule has 0 unspecified atom stereocenters. The zero-order chi connectivity index (χ0) is 53.7.